The van der Waals surface area contributed by atoms with Crippen molar-refractivity contribution in [2.75, 3.05) is 0 Å². The summed E-state index contributed by atoms with van der Waals surface area (Å²) >= 11 is 0. The van der Waals surface area contributed by atoms with Crippen LogP contribution in [0, 0.1) is 18.6 Å². The third-order valence-corrected chi connectivity index (χ3v) is 3.42. The van der Waals surface area contributed by atoms with E-state index in [2.05, 4.69) is 0 Å². The van der Waals surface area contributed by atoms with E-state index < -0.39 is 28.5 Å². The summed E-state index contributed by atoms with van der Waals surface area (Å²) in [6, 6.07) is 2.44. The maximum atomic E-state index is 13.7. The third kappa shape index (κ3) is 2.22. The van der Waals surface area contributed by atoms with Crippen molar-refractivity contribution in [3.05, 3.63) is 34.9 Å². The lowest BCUT2D eigenvalue weighted by molar-refractivity contribution is 0.0903. The number of carbonyl (C=O) groups is 1. The van der Waals surface area contributed by atoms with E-state index in [-0.39, 0.29) is 12.0 Å². The molecule has 4 heteroatoms. The number of carbonyl (C=O) groups excluding carboxylic acids is 1. The fourth-order valence-corrected chi connectivity index (χ4v) is 2.13. The second-order valence-electron chi connectivity index (χ2n) is 4.87. The molecule has 1 aliphatic carbocycles. The molecule has 0 aromatic heterocycles. The van der Waals surface area contributed by atoms with Crippen LogP contribution in [-0.4, -0.2) is 11.3 Å². The van der Waals surface area contributed by atoms with Gasteiger partial charge in [0.05, 0.1) is 5.56 Å². The highest BCUT2D eigenvalue weighted by Crippen LogP contribution is 2.33. The van der Waals surface area contributed by atoms with Gasteiger partial charge in [-0.15, -0.1) is 0 Å². The molecule has 0 unspecified atom stereocenters. The smallest absolute Gasteiger partial charge is 0.170 e. The van der Waals surface area contributed by atoms with Gasteiger partial charge in [-0.05, 0) is 37.8 Å². The van der Waals surface area contributed by atoms with E-state index in [1.165, 1.54) is 13.0 Å². The van der Waals surface area contributed by atoms with Crippen molar-refractivity contribution in [3.8, 4) is 0 Å². The van der Waals surface area contributed by atoms with E-state index >= 15 is 0 Å². The number of nitrogens with two attached hydrogens (primary N) is 1. The van der Waals surface area contributed by atoms with Crippen LogP contribution in [0.4, 0.5) is 8.78 Å². The molecule has 0 spiro atoms. The van der Waals surface area contributed by atoms with Gasteiger partial charge in [0.15, 0.2) is 5.78 Å². The molecule has 0 heterocycles. The minimum atomic E-state index is -0.805. The van der Waals surface area contributed by atoms with Crippen LogP contribution in [0.3, 0.4) is 0 Å². The van der Waals surface area contributed by atoms with E-state index in [0.29, 0.717) is 0 Å². The van der Waals surface area contributed by atoms with Gasteiger partial charge in [0, 0.05) is 12.0 Å². The van der Waals surface area contributed by atoms with Crippen molar-refractivity contribution in [1.29, 1.82) is 0 Å². The molecule has 0 saturated heterocycles. The SMILES string of the molecule is Cc1ccc(F)c(C(=O)CC2(N)CCC2)c1F. The largest absolute Gasteiger partial charge is 0.325 e. The van der Waals surface area contributed by atoms with Crippen LogP contribution in [0.5, 0.6) is 0 Å². The van der Waals surface area contributed by atoms with Gasteiger partial charge in [-0.3, -0.25) is 4.79 Å². The van der Waals surface area contributed by atoms with Crippen LogP contribution in [0.25, 0.3) is 0 Å². The Kier molecular flexibility index (Phi) is 3.00. The van der Waals surface area contributed by atoms with Crippen LogP contribution in [0.2, 0.25) is 0 Å². The van der Waals surface area contributed by atoms with Crippen molar-refractivity contribution in [3.63, 3.8) is 0 Å². The highest BCUT2D eigenvalue weighted by atomic mass is 19.1. The van der Waals surface area contributed by atoms with Crippen LogP contribution in [0.1, 0.15) is 41.6 Å². The molecule has 2 rings (SSSR count). The van der Waals surface area contributed by atoms with Gasteiger partial charge in [0.1, 0.15) is 11.6 Å². The first-order chi connectivity index (χ1) is 7.93. The fourth-order valence-electron chi connectivity index (χ4n) is 2.13. The molecule has 2 nitrogen and oxygen atoms in total. The van der Waals surface area contributed by atoms with Gasteiger partial charge in [-0.2, -0.15) is 0 Å². The molecule has 17 heavy (non-hydrogen) atoms. The van der Waals surface area contributed by atoms with Crippen LogP contribution >= 0.6 is 0 Å². The quantitative estimate of drug-likeness (QED) is 0.824. The predicted octanol–water partition coefficient (Wildman–Crippen LogP) is 2.73. The first kappa shape index (κ1) is 12.2. The molecule has 92 valence electrons. The minimum Gasteiger partial charge on any atom is -0.325 e. The molecule has 1 aromatic carbocycles. The van der Waals surface area contributed by atoms with Crippen molar-refractivity contribution < 1.29 is 13.6 Å². The molecule has 0 atom stereocenters. The molecule has 1 fully saturated rings. The normalized spacial score (nSPS) is 17.6. The maximum Gasteiger partial charge on any atom is 0.170 e. The average Bonchev–Trinajstić information content (AvgIpc) is 2.22. The Labute approximate surface area is 98.8 Å². The standard InChI is InChI=1S/C13H15F2NO/c1-8-3-4-9(14)11(12(8)15)10(17)7-13(16)5-2-6-13/h3-4H,2,5-7,16H2,1H3. The Morgan fingerprint density at radius 1 is 1.41 bits per heavy atom. The van der Waals surface area contributed by atoms with E-state index in [0.717, 1.165) is 25.3 Å². The number of halogens is 2. The van der Waals surface area contributed by atoms with Crippen molar-refractivity contribution >= 4 is 5.78 Å². The lowest BCUT2D eigenvalue weighted by Gasteiger charge is -2.37. The van der Waals surface area contributed by atoms with Crippen LogP contribution < -0.4 is 5.73 Å². The zero-order valence-electron chi connectivity index (χ0n) is 9.72. The Hall–Kier alpha value is -1.29. The lowest BCUT2D eigenvalue weighted by atomic mass is 9.73. The van der Waals surface area contributed by atoms with Gasteiger partial charge in [-0.1, -0.05) is 6.07 Å². The third-order valence-electron chi connectivity index (χ3n) is 3.42. The Bertz CT molecular complexity index is 467. The summed E-state index contributed by atoms with van der Waals surface area (Å²) in [6.45, 7) is 1.51. The van der Waals surface area contributed by atoms with Crippen molar-refractivity contribution in [2.24, 2.45) is 5.73 Å². The highest BCUT2D eigenvalue weighted by molar-refractivity contribution is 5.97. The van der Waals surface area contributed by atoms with Crippen molar-refractivity contribution in [1.82, 2.24) is 0 Å². The molecule has 1 saturated carbocycles. The Morgan fingerprint density at radius 2 is 2.06 bits per heavy atom. The first-order valence-electron chi connectivity index (χ1n) is 5.70. The first-order valence-corrected chi connectivity index (χ1v) is 5.70. The summed E-state index contributed by atoms with van der Waals surface area (Å²) in [4.78, 5) is 11.9. The number of hydrogen-bond acceptors (Lipinski definition) is 2. The van der Waals surface area contributed by atoms with E-state index in [1.54, 1.807) is 0 Å². The van der Waals surface area contributed by atoms with Gasteiger partial charge >= 0.3 is 0 Å². The average molecular weight is 239 g/mol. The number of Topliss-reactive ketones (excluding diaryl/α,β-unsaturated/α-hetero) is 1. The number of rotatable bonds is 3. The molecule has 0 radical (unpaired) electrons. The lowest BCUT2D eigenvalue weighted by Crippen LogP contribution is -2.48. The van der Waals surface area contributed by atoms with Crippen LogP contribution in [-0.2, 0) is 0 Å². The second-order valence-corrected chi connectivity index (χ2v) is 4.87. The molecular weight excluding hydrogens is 224 g/mol. The molecular formula is C13H15F2NO. The van der Waals surface area contributed by atoms with Gasteiger partial charge in [-0.25, -0.2) is 8.78 Å². The summed E-state index contributed by atoms with van der Waals surface area (Å²) in [5.74, 6) is -2.11. The molecule has 2 N–H and O–H groups in total. The van der Waals surface area contributed by atoms with Gasteiger partial charge in [0.25, 0.3) is 0 Å². The summed E-state index contributed by atoms with van der Waals surface area (Å²) in [7, 11) is 0. The summed E-state index contributed by atoms with van der Waals surface area (Å²) in [5.41, 5.74) is 5.19. The molecule has 0 amide bonds. The maximum absolute atomic E-state index is 13.7. The molecule has 0 aliphatic heterocycles. The zero-order chi connectivity index (χ0) is 12.6. The van der Waals surface area contributed by atoms with Crippen LogP contribution in [0.15, 0.2) is 12.1 Å². The molecule has 1 aliphatic rings. The van der Waals surface area contributed by atoms with Crippen molar-refractivity contribution in [2.45, 2.75) is 38.1 Å². The minimum absolute atomic E-state index is 0.0181. The zero-order valence-corrected chi connectivity index (χ0v) is 9.72. The Balaban J connectivity index is 2.27. The van der Waals surface area contributed by atoms with E-state index in [4.69, 9.17) is 5.73 Å². The van der Waals surface area contributed by atoms with E-state index in [1.807, 2.05) is 0 Å². The fraction of sp³-hybridized carbons (Fsp3) is 0.462. The van der Waals surface area contributed by atoms with E-state index in [9.17, 15) is 13.6 Å². The second kappa shape index (κ2) is 4.18. The molecule has 0 bridgehead atoms. The topological polar surface area (TPSA) is 43.1 Å². The highest BCUT2D eigenvalue weighted by Gasteiger charge is 2.36. The monoisotopic (exact) mass is 239 g/mol. The summed E-state index contributed by atoms with van der Waals surface area (Å²) in [5, 5.41) is 0. The number of aryl methyl sites for hydroxylation is 1. The summed E-state index contributed by atoms with van der Waals surface area (Å²) in [6.07, 6.45) is 2.48. The summed E-state index contributed by atoms with van der Waals surface area (Å²) < 4.78 is 27.2. The molecule has 1 aromatic rings. The Morgan fingerprint density at radius 3 is 2.59 bits per heavy atom. The number of hydrogen-bond donors (Lipinski definition) is 1. The predicted molar refractivity (Wildman–Crippen MR) is 60.8 cm³/mol. The van der Waals surface area contributed by atoms with Gasteiger partial charge in [0.2, 0.25) is 0 Å². The number of benzene rings is 1. The number of ketones is 1. The van der Waals surface area contributed by atoms with Gasteiger partial charge < -0.3 is 5.73 Å².